The Morgan fingerprint density at radius 3 is 2.71 bits per heavy atom. The molecule has 1 aliphatic heterocycles. The van der Waals surface area contributed by atoms with Gasteiger partial charge in [-0.1, -0.05) is 35.5 Å². The third-order valence-electron chi connectivity index (χ3n) is 5.17. The summed E-state index contributed by atoms with van der Waals surface area (Å²) in [5, 5.41) is 8.58. The average Bonchev–Trinajstić information content (AvgIpc) is 3.25. The molecule has 1 aliphatic rings. The minimum absolute atomic E-state index is 0.163. The number of amides is 1. The number of carbonyl (C=O) groups excluding carboxylic acids is 1. The van der Waals surface area contributed by atoms with E-state index in [1.54, 1.807) is 13.0 Å². The van der Waals surface area contributed by atoms with E-state index in [4.69, 9.17) is 14.4 Å². The quantitative estimate of drug-likeness (QED) is 0.695. The van der Waals surface area contributed by atoms with Crippen LogP contribution in [0.4, 0.5) is 0 Å². The highest BCUT2D eigenvalue weighted by atomic mass is 16.5. The number of carbonyl (C=O) groups is 1. The van der Waals surface area contributed by atoms with Gasteiger partial charge in [0.25, 0.3) is 5.91 Å². The smallest absolute Gasteiger partial charge is 0.293 e. The van der Waals surface area contributed by atoms with E-state index in [9.17, 15) is 4.79 Å². The highest BCUT2D eigenvalue weighted by Crippen LogP contribution is 2.31. The summed E-state index contributed by atoms with van der Waals surface area (Å²) in [6.07, 6.45) is 0. The van der Waals surface area contributed by atoms with Crippen molar-refractivity contribution in [3.63, 3.8) is 0 Å². The van der Waals surface area contributed by atoms with E-state index in [0.717, 1.165) is 17.0 Å². The second-order valence-corrected chi connectivity index (χ2v) is 7.15. The van der Waals surface area contributed by atoms with Crippen LogP contribution in [0.25, 0.3) is 0 Å². The minimum atomic E-state index is -0.198. The van der Waals surface area contributed by atoms with Crippen LogP contribution in [0.1, 0.15) is 44.8 Å². The summed E-state index contributed by atoms with van der Waals surface area (Å²) >= 11 is 0. The van der Waals surface area contributed by atoms with Gasteiger partial charge in [-0.15, -0.1) is 0 Å². The number of morpholine rings is 1. The van der Waals surface area contributed by atoms with Crippen molar-refractivity contribution in [2.24, 2.45) is 0 Å². The summed E-state index contributed by atoms with van der Waals surface area (Å²) in [6.45, 7) is 7.98. The molecule has 1 fully saturated rings. The van der Waals surface area contributed by atoms with Gasteiger partial charge in [-0.2, -0.15) is 5.10 Å². The number of aryl methyl sites for hydroxylation is 2. The Morgan fingerprint density at radius 1 is 1.21 bits per heavy atom. The number of hydrogen-bond donors (Lipinski definition) is 0. The number of hydrogen-bond acceptors (Lipinski definition) is 5. The van der Waals surface area contributed by atoms with Crippen molar-refractivity contribution in [2.75, 3.05) is 19.8 Å². The lowest BCUT2D eigenvalue weighted by atomic mass is 10.0. The SMILES string of the molecule is Cc1cc(C(=O)N2CCOCC2c2c(C)nn(Cc3ccccc3)c2C)on1. The lowest BCUT2D eigenvalue weighted by molar-refractivity contribution is -0.00500. The van der Waals surface area contributed by atoms with E-state index < -0.39 is 0 Å². The molecule has 1 atom stereocenters. The monoisotopic (exact) mass is 380 g/mol. The Labute approximate surface area is 163 Å². The summed E-state index contributed by atoms with van der Waals surface area (Å²) in [7, 11) is 0. The number of benzene rings is 1. The molecule has 0 saturated carbocycles. The fraction of sp³-hybridized carbons (Fsp3) is 0.381. The average molecular weight is 380 g/mol. The first kappa shape index (κ1) is 18.4. The molecule has 0 N–H and O–H groups in total. The zero-order valence-electron chi connectivity index (χ0n) is 16.4. The molecule has 146 valence electrons. The summed E-state index contributed by atoms with van der Waals surface area (Å²) in [4.78, 5) is 14.8. The van der Waals surface area contributed by atoms with Gasteiger partial charge in [0.2, 0.25) is 5.76 Å². The van der Waals surface area contributed by atoms with Crippen LogP contribution in [-0.4, -0.2) is 45.5 Å². The van der Waals surface area contributed by atoms with Gasteiger partial charge in [0.15, 0.2) is 0 Å². The Bertz CT molecular complexity index is 977. The van der Waals surface area contributed by atoms with Crippen molar-refractivity contribution in [1.82, 2.24) is 19.8 Å². The summed E-state index contributed by atoms with van der Waals surface area (Å²) in [5.41, 5.74) is 4.87. The second-order valence-electron chi connectivity index (χ2n) is 7.15. The summed E-state index contributed by atoms with van der Waals surface area (Å²) in [5.74, 6) is 0.0971. The zero-order chi connectivity index (χ0) is 19.7. The predicted octanol–water partition coefficient (Wildman–Crippen LogP) is 3.06. The molecule has 1 aromatic carbocycles. The molecule has 7 nitrogen and oxygen atoms in total. The Morgan fingerprint density at radius 2 is 2.00 bits per heavy atom. The minimum Gasteiger partial charge on any atom is -0.377 e. The molecule has 1 amide bonds. The second kappa shape index (κ2) is 7.59. The van der Waals surface area contributed by atoms with Crippen LogP contribution in [0.2, 0.25) is 0 Å². The molecular weight excluding hydrogens is 356 g/mol. The molecule has 4 rings (SSSR count). The molecule has 1 saturated heterocycles. The topological polar surface area (TPSA) is 73.4 Å². The van der Waals surface area contributed by atoms with E-state index in [0.29, 0.717) is 32.0 Å². The van der Waals surface area contributed by atoms with Crippen LogP contribution < -0.4 is 0 Å². The lowest BCUT2D eigenvalue weighted by Crippen LogP contribution is -2.43. The lowest BCUT2D eigenvalue weighted by Gasteiger charge is -2.35. The van der Waals surface area contributed by atoms with Crippen LogP contribution in [0.3, 0.4) is 0 Å². The van der Waals surface area contributed by atoms with Crippen molar-refractivity contribution in [1.29, 1.82) is 0 Å². The maximum absolute atomic E-state index is 13.0. The van der Waals surface area contributed by atoms with E-state index in [1.807, 2.05) is 41.6 Å². The number of ether oxygens (including phenoxy) is 1. The maximum Gasteiger partial charge on any atom is 0.293 e. The van der Waals surface area contributed by atoms with Gasteiger partial charge in [-0.3, -0.25) is 9.48 Å². The van der Waals surface area contributed by atoms with Crippen LogP contribution >= 0.6 is 0 Å². The fourth-order valence-electron chi connectivity index (χ4n) is 3.80. The number of aromatic nitrogens is 3. The van der Waals surface area contributed by atoms with Crippen LogP contribution in [0.15, 0.2) is 40.9 Å². The molecular formula is C21H24N4O3. The number of nitrogens with zero attached hydrogens (tertiary/aromatic N) is 4. The summed E-state index contributed by atoms with van der Waals surface area (Å²) in [6, 6.07) is 11.7. The highest BCUT2D eigenvalue weighted by molar-refractivity contribution is 5.92. The third kappa shape index (κ3) is 3.45. The molecule has 7 heteroatoms. The van der Waals surface area contributed by atoms with Gasteiger partial charge < -0.3 is 14.2 Å². The molecule has 0 spiro atoms. The predicted molar refractivity (Wildman–Crippen MR) is 103 cm³/mol. The fourth-order valence-corrected chi connectivity index (χ4v) is 3.80. The molecule has 0 radical (unpaired) electrons. The van der Waals surface area contributed by atoms with E-state index >= 15 is 0 Å². The number of rotatable bonds is 4. The van der Waals surface area contributed by atoms with E-state index in [2.05, 4.69) is 17.3 Å². The Kier molecular flexibility index (Phi) is 5.00. The molecule has 0 aliphatic carbocycles. The van der Waals surface area contributed by atoms with E-state index in [-0.39, 0.29) is 17.7 Å². The van der Waals surface area contributed by atoms with Gasteiger partial charge in [0.1, 0.15) is 0 Å². The summed E-state index contributed by atoms with van der Waals surface area (Å²) < 4.78 is 12.9. The first-order chi connectivity index (χ1) is 13.5. The molecule has 1 unspecified atom stereocenters. The van der Waals surface area contributed by atoms with Crippen molar-refractivity contribution < 1.29 is 14.1 Å². The Balaban J connectivity index is 1.65. The van der Waals surface area contributed by atoms with E-state index in [1.165, 1.54) is 5.56 Å². The molecule has 3 aromatic rings. The highest BCUT2D eigenvalue weighted by Gasteiger charge is 2.34. The van der Waals surface area contributed by atoms with Crippen molar-refractivity contribution >= 4 is 5.91 Å². The van der Waals surface area contributed by atoms with Gasteiger partial charge in [-0.25, -0.2) is 0 Å². The van der Waals surface area contributed by atoms with Crippen LogP contribution in [-0.2, 0) is 11.3 Å². The maximum atomic E-state index is 13.0. The van der Waals surface area contributed by atoms with Gasteiger partial charge >= 0.3 is 0 Å². The molecule has 0 bridgehead atoms. The Hall–Kier alpha value is -2.93. The molecule has 3 heterocycles. The van der Waals surface area contributed by atoms with Gasteiger partial charge in [0.05, 0.1) is 37.2 Å². The largest absolute Gasteiger partial charge is 0.377 e. The normalized spacial score (nSPS) is 17.1. The van der Waals surface area contributed by atoms with Crippen LogP contribution in [0.5, 0.6) is 0 Å². The first-order valence-corrected chi connectivity index (χ1v) is 9.44. The van der Waals surface area contributed by atoms with Gasteiger partial charge in [-0.05, 0) is 26.3 Å². The van der Waals surface area contributed by atoms with Crippen molar-refractivity contribution in [2.45, 2.75) is 33.4 Å². The standard InChI is InChI=1S/C21H24N4O3/c1-14-11-19(28-23-14)21(26)24-9-10-27-13-18(24)20-15(2)22-25(16(20)3)12-17-7-5-4-6-8-17/h4-8,11,18H,9-10,12-13H2,1-3H3. The van der Waals surface area contributed by atoms with Gasteiger partial charge in [0, 0.05) is 23.9 Å². The first-order valence-electron chi connectivity index (χ1n) is 9.44. The molecule has 2 aromatic heterocycles. The zero-order valence-corrected chi connectivity index (χ0v) is 16.4. The molecule has 28 heavy (non-hydrogen) atoms. The van der Waals surface area contributed by atoms with Crippen molar-refractivity contribution in [3.05, 3.63) is 70.4 Å². The third-order valence-corrected chi connectivity index (χ3v) is 5.17. The van der Waals surface area contributed by atoms with Crippen molar-refractivity contribution in [3.8, 4) is 0 Å². The van der Waals surface area contributed by atoms with Crippen LogP contribution in [0, 0.1) is 20.8 Å².